The lowest BCUT2D eigenvalue weighted by atomic mass is 9.55. The number of morpholine rings is 1. The van der Waals surface area contributed by atoms with Gasteiger partial charge in [0.05, 0.1) is 19.6 Å². The molecule has 1 aromatic carbocycles. The summed E-state index contributed by atoms with van der Waals surface area (Å²) in [6.45, 7) is 6.22. The molecule has 4 aliphatic rings. The van der Waals surface area contributed by atoms with Crippen LogP contribution in [0.4, 0.5) is 0 Å². The van der Waals surface area contributed by atoms with Crippen molar-refractivity contribution in [1.29, 1.82) is 0 Å². The first-order valence-electron chi connectivity index (χ1n) is 11.7. The standard InChI is InChI=1S/C25H33NO4/c1-25-10-8-20-19-5-3-18(30-24(28)9-11-26-12-14-29-15-13-26)16-17(19)2-4-21(20)22(25)6-7-23(25)27/h3,5,16,20-22H,2,4,6-15H2,1H3/t20-,21+,22-,25+/m0/s1. The predicted molar refractivity (Wildman–Crippen MR) is 114 cm³/mol. The average Bonchev–Trinajstić information content (AvgIpc) is 3.07. The van der Waals surface area contributed by atoms with Crippen molar-refractivity contribution in [3.05, 3.63) is 29.3 Å². The van der Waals surface area contributed by atoms with E-state index in [2.05, 4.69) is 24.0 Å². The summed E-state index contributed by atoms with van der Waals surface area (Å²) in [6, 6.07) is 6.25. The number of benzene rings is 1. The number of carbonyl (C=O) groups is 2. The summed E-state index contributed by atoms with van der Waals surface area (Å²) in [7, 11) is 0. The number of fused-ring (bicyclic) bond motifs is 5. The van der Waals surface area contributed by atoms with Crippen molar-refractivity contribution in [2.45, 2.75) is 57.8 Å². The van der Waals surface area contributed by atoms with Crippen LogP contribution in [0.15, 0.2) is 18.2 Å². The van der Waals surface area contributed by atoms with Crippen molar-refractivity contribution in [3.8, 4) is 5.75 Å². The fourth-order valence-corrected chi connectivity index (χ4v) is 6.65. The molecule has 0 bridgehead atoms. The van der Waals surface area contributed by atoms with E-state index in [-0.39, 0.29) is 11.4 Å². The van der Waals surface area contributed by atoms with Gasteiger partial charge in [0.15, 0.2) is 0 Å². The zero-order valence-corrected chi connectivity index (χ0v) is 18.0. The molecule has 5 rings (SSSR count). The Morgan fingerprint density at radius 2 is 2.03 bits per heavy atom. The minimum Gasteiger partial charge on any atom is -0.426 e. The molecule has 1 aromatic rings. The van der Waals surface area contributed by atoms with Crippen molar-refractivity contribution in [3.63, 3.8) is 0 Å². The molecule has 1 saturated heterocycles. The highest BCUT2D eigenvalue weighted by atomic mass is 16.5. The Morgan fingerprint density at radius 3 is 2.87 bits per heavy atom. The number of Topliss-reactive ketones (excluding diaryl/α,β-unsaturated/α-hetero) is 1. The normalized spacial score (nSPS) is 33.5. The minimum atomic E-state index is -0.159. The fraction of sp³-hybridized carbons (Fsp3) is 0.680. The van der Waals surface area contributed by atoms with Gasteiger partial charge >= 0.3 is 5.97 Å². The topological polar surface area (TPSA) is 55.8 Å². The number of ether oxygens (including phenoxy) is 2. The van der Waals surface area contributed by atoms with Crippen LogP contribution in [-0.2, 0) is 20.7 Å². The largest absolute Gasteiger partial charge is 0.426 e. The summed E-state index contributed by atoms with van der Waals surface area (Å²) in [5, 5.41) is 0. The molecule has 0 spiro atoms. The SMILES string of the molecule is C[C@@]12CC[C@H]3c4ccc(OC(=O)CCN5CCOCC5)cc4CC[C@H]3[C@@H]1CCC2=O. The number of esters is 1. The van der Waals surface area contributed by atoms with Gasteiger partial charge in [0, 0.05) is 31.5 Å². The Labute approximate surface area is 179 Å². The third-order valence-electron chi connectivity index (χ3n) is 8.37. The Hall–Kier alpha value is -1.72. The summed E-state index contributed by atoms with van der Waals surface area (Å²) < 4.78 is 11.0. The highest BCUT2D eigenvalue weighted by Gasteiger charge is 2.54. The van der Waals surface area contributed by atoms with Crippen LogP contribution in [0, 0.1) is 17.3 Å². The average molecular weight is 412 g/mol. The van der Waals surface area contributed by atoms with E-state index in [0.717, 1.165) is 71.4 Å². The Morgan fingerprint density at radius 1 is 1.20 bits per heavy atom. The van der Waals surface area contributed by atoms with Gasteiger partial charge in [-0.1, -0.05) is 13.0 Å². The molecule has 3 aliphatic carbocycles. The maximum absolute atomic E-state index is 12.5. The number of aryl methyl sites for hydroxylation is 1. The van der Waals surface area contributed by atoms with Crippen molar-refractivity contribution in [2.75, 3.05) is 32.8 Å². The lowest BCUT2D eigenvalue weighted by Gasteiger charge is -2.48. The second-order valence-corrected chi connectivity index (χ2v) is 9.87. The molecule has 0 amide bonds. The van der Waals surface area contributed by atoms with E-state index in [9.17, 15) is 9.59 Å². The van der Waals surface area contributed by atoms with Crippen LogP contribution < -0.4 is 4.74 Å². The Bertz CT molecular complexity index is 830. The van der Waals surface area contributed by atoms with Gasteiger partial charge in [0.2, 0.25) is 0 Å². The second-order valence-electron chi connectivity index (χ2n) is 9.87. The number of nitrogens with zero attached hydrogens (tertiary/aromatic N) is 1. The van der Waals surface area contributed by atoms with Gasteiger partial charge in [-0.05, 0) is 73.1 Å². The van der Waals surface area contributed by atoms with Crippen LogP contribution in [0.25, 0.3) is 0 Å². The summed E-state index contributed by atoms with van der Waals surface area (Å²) >= 11 is 0. The summed E-state index contributed by atoms with van der Waals surface area (Å²) in [5.74, 6) is 2.75. The van der Waals surface area contributed by atoms with Gasteiger partial charge in [-0.3, -0.25) is 14.5 Å². The molecular formula is C25H33NO4. The Kier molecular flexibility index (Phi) is 5.44. The van der Waals surface area contributed by atoms with Gasteiger partial charge in [0.25, 0.3) is 0 Å². The smallest absolute Gasteiger partial charge is 0.312 e. The van der Waals surface area contributed by atoms with Gasteiger partial charge in [-0.25, -0.2) is 0 Å². The first-order valence-corrected chi connectivity index (χ1v) is 11.7. The molecule has 5 nitrogen and oxygen atoms in total. The molecule has 0 aromatic heterocycles. The number of ketones is 1. The van der Waals surface area contributed by atoms with Gasteiger partial charge < -0.3 is 9.47 Å². The lowest BCUT2D eigenvalue weighted by molar-refractivity contribution is -0.135. The molecule has 5 heteroatoms. The van der Waals surface area contributed by atoms with Crippen molar-refractivity contribution in [1.82, 2.24) is 4.90 Å². The number of carbonyl (C=O) groups excluding carboxylic acids is 2. The molecule has 2 saturated carbocycles. The quantitative estimate of drug-likeness (QED) is 0.558. The van der Waals surface area contributed by atoms with E-state index in [1.54, 1.807) is 0 Å². The fourth-order valence-electron chi connectivity index (χ4n) is 6.65. The van der Waals surface area contributed by atoms with Crippen LogP contribution >= 0.6 is 0 Å². The van der Waals surface area contributed by atoms with Gasteiger partial charge in [-0.15, -0.1) is 0 Å². The van der Waals surface area contributed by atoms with Crippen LogP contribution in [-0.4, -0.2) is 49.5 Å². The number of rotatable bonds is 4. The van der Waals surface area contributed by atoms with Crippen LogP contribution in [0.5, 0.6) is 5.75 Å². The first-order chi connectivity index (χ1) is 14.5. The molecule has 0 N–H and O–H groups in total. The van der Waals surface area contributed by atoms with E-state index < -0.39 is 0 Å². The zero-order chi connectivity index (χ0) is 20.7. The second kappa shape index (κ2) is 8.08. The molecule has 4 atom stereocenters. The minimum absolute atomic E-state index is 0.0748. The van der Waals surface area contributed by atoms with Crippen LogP contribution in [0.2, 0.25) is 0 Å². The summed E-state index contributed by atoms with van der Waals surface area (Å²) in [4.78, 5) is 27.1. The summed E-state index contributed by atoms with van der Waals surface area (Å²) in [5.41, 5.74) is 2.69. The predicted octanol–water partition coefficient (Wildman–Crippen LogP) is 3.74. The Balaban J connectivity index is 1.23. The maximum Gasteiger partial charge on any atom is 0.312 e. The molecule has 0 unspecified atom stereocenters. The molecule has 1 aliphatic heterocycles. The van der Waals surface area contributed by atoms with E-state index in [4.69, 9.17) is 9.47 Å². The number of hydrogen-bond acceptors (Lipinski definition) is 5. The monoisotopic (exact) mass is 411 g/mol. The highest BCUT2D eigenvalue weighted by Crippen LogP contribution is 2.59. The van der Waals surface area contributed by atoms with Gasteiger partial charge in [-0.2, -0.15) is 0 Å². The van der Waals surface area contributed by atoms with Crippen LogP contribution in [0.1, 0.15) is 62.5 Å². The van der Waals surface area contributed by atoms with Crippen molar-refractivity contribution < 1.29 is 19.1 Å². The third kappa shape index (κ3) is 3.60. The van der Waals surface area contributed by atoms with E-state index in [1.165, 1.54) is 11.1 Å². The third-order valence-corrected chi connectivity index (χ3v) is 8.37. The molecule has 3 fully saturated rings. The first kappa shape index (κ1) is 20.2. The summed E-state index contributed by atoms with van der Waals surface area (Å²) in [6.07, 6.45) is 6.57. The molecule has 162 valence electrons. The van der Waals surface area contributed by atoms with E-state index >= 15 is 0 Å². The molecule has 30 heavy (non-hydrogen) atoms. The molecular weight excluding hydrogens is 378 g/mol. The van der Waals surface area contributed by atoms with Crippen molar-refractivity contribution in [2.24, 2.45) is 17.3 Å². The zero-order valence-electron chi connectivity index (χ0n) is 18.0. The lowest BCUT2D eigenvalue weighted by Crippen LogP contribution is -2.42. The number of hydrogen-bond donors (Lipinski definition) is 0. The van der Waals surface area contributed by atoms with Gasteiger partial charge in [0.1, 0.15) is 11.5 Å². The molecule has 0 radical (unpaired) electrons. The van der Waals surface area contributed by atoms with E-state index in [0.29, 0.717) is 35.7 Å². The van der Waals surface area contributed by atoms with E-state index in [1.807, 2.05) is 6.07 Å². The molecule has 1 heterocycles. The highest BCUT2D eigenvalue weighted by molar-refractivity contribution is 5.87. The van der Waals surface area contributed by atoms with Crippen molar-refractivity contribution >= 4 is 11.8 Å². The van der Waals surface area contributed by atoms with Crippen LogP contribution in [0.3, 0.4) is 0 Å². The maximum atomic E-state index is 12.5.